The van der Waals surface area contributed by atoms with Crippen molar-refractivity contribution in [3.8, 4) is 0 Å². The molecule has 0 aliphatic heterocycles. The van der Waals surface area contributed by atoms with Crippen LogP contribution in [0, 0.1) is 0 Å². The van der Waals surface area contributed by atoms with Crippen molar-refractivity contribution in [2.24, 2.45) is 5.73 Å². The number of primary amides is 1. The van der Waals surface area contributed by atoms with Crippen LogP contribution in [0.1, 0.15) is 17.5 Å². The maximum absolute atomic E-state index is 11.9. The summed E-state index contributed by atoms with van der Waals surface area (Å²) < 4.78 is 6.04. The second-order valence-corrected chi connectivity index (χ2v) is 5.41. The van der Waals surface area contributed by atoms with Crippen molar-refractivity contribution in [3.63, 3.8) is 0 Å². The number of rotatable bonds is 5. The van der Waals surface area contributed by atoms with Crippen LogP contribution < -0.4 is 11.1 Å². The Labute approximate surface area is 115 Å². The summed E-state index contributed by atoms with van der Waals surface area (Å²) in [5.74, 6) is -0.320. The summed E-state index contributed by atoms with van der Waals surface area (Å²) in [6, 6.07) is 5.97. The number of amides is 1. The van der Waals surface area contributed by atoms with Crippen LogP contribution >= 0.6 is 15.9 Å². The van der Waals surface area contributed by atoms with Gasteiger partial charge in [0.05, 0.1) is 6.61 Å². The SMILES string of the molecule is COCCNC1(C(N)=O)CCc2cc(Br)ccc21. The fourth-order valence-corrected chi connectivity index (χ4v) is 2.94. The molecule has 1 aromatic carbocycles. The Balaban J connectivity index is 2.31. The largest absolute Gasteiger partial charge is 0.383 e. The predicted molar refractivity (Wildman–Crippen MR) is 73.2 cm³/mol. The number of aryl methyl sites for hydroxylation is 1. The Morgan fingerprint density at radius 3 is 3.06 bits per heavy atom. The normalized spacial score (nSPS) is 21.9. The lowest BCUT2D eigenvalue weighted by Gasteiger charge is -2.28. The number of nitrogens with one attached hydrogen (secondary N) is 1. The topological polar surface area (TPSA) is 64.3 Å². The van der Waals surface area contributed by atoms with Crippen molar-refractivity contribution in [3.05, 3.63) is 33.8 Å². The third-order valence-electron chi connectivity index (χ3n) is 3.45. The van der Waals surface area contributed by atoms with Gasteiger partial charge in [0.2, 0.25) is 5.91 Å². The van der Waals surface area contributed by atoms with Crippen LogP contribution in [0.2, 0.25) is 0 Å². The van der Waals surface area contributed by atoms with E-state index in [4.69, 9.17) is 10.5 Å². The van der Waals surface area contributed by atoms with Crippen LogP contribution in [0.4, 0.5) is 0 Å². The minimum Gasteiger partial charge on any atom is -0.383 e. The van der Waals surface area contributed by atoms with Crippen molar-refractivity contribution in [2.75, 3.05) is 20.3 Å². The molecule has 0 spiro atoms. The van der Waals surface area contributed by atoms with Crippen molar-refractivity contribution < 1.29 is 9.53 Å². The number of nitrogens with two attached hydrogens (primary N) is 1. The highest BCUT2D eigenvalue weighted by Crippen LogP contribution is 2.37. The highest BCUT2D eigenvalue weighted by atomic mass is 79.9. The molecule has 4 nitrogen and oxygen atoms in total. The highest BCUT2D eigenvalue weighted by molar-refractivity contribution is 9.10. The van der Waals surface area contributed by atoms with Crippen molar-refractivity contribution >= 4 is 21.8 Å². The fourth-order valence-electron chi connectivity index (χ4n) is 2.54. The molecule has 1 aliphatic rings. The second kappa shape index (κ2) is 5.38. The number of carbonyl (C=O) groups excluding carboxylic acids is 1. The third-order valence-corrected chi connectivity index (χ3v) is 3.94. The Bertz CT molecular complexity index is 464. The zero-order chi connectivity index (χ0) is 13.2. The van der Waals surface area contributed by atoms with Crippen molar-refractivity contribution in [2.45, 2.75) is 18.4 Å². The van der Waals surface area contributed by atoms with Gasteiger partial charge in [0, 0.05) is 18.1 Å². The van der Waals surface area contributed by atoms with Crippen LogP contribution in [0.25, 0.3) is 0 Å². The molecule has 2 rings (SSSR count). The molecular weight excluding hydrogens is 296 g/mol. The summed E-state index contributed by atoms with van der Waals surface area (Å²) in [6.07, 6.45) is 1.57. The number of hydrogen-bond donors (Lipinski definition) is 2. The summed E-state index contributed by atoms with van der Waals surface area (Å²) in [6.45, 7) is 1.16. The number of methoxy groups -OCH3 is 1. The number of ether oxygens (including phenoxy) is 1. The number of hydrogen-bond acceptors (Lipinski definition) is 3. The molecule has 0 saturated heterocycles. The van der Waals surface area contributed by atoms with E-state index in [9.17, 15) is 4.79 Å². The zero-order valence-electron chi connectivity index (χ0n) is 10.3. The monoisotopic (exact) mass is 312 g/mol. The number of carbonyl (C=O) groups is 1. The van der Waals surface area contributed by atoms with E-state index in [0.717, 1.165) is 16.5 Å². The van der Waals surface area contributed by atoms with E-state index < -0.39 is 5.54 Å². The van der Waals surface area contributed by atoms with Gasteiger partial charge < -0.3 is 10.5 Å². The van der Waals surface area contributed by atoms with E-state index in [1.165, 1.54) is 5.56 Å². The molecule has 0 saturated carbocycles. The van der Waals surface area contributed by atoms with E-state index in [1.807, 2.05) is 12.1 Å². The summed E-state index contributed by atoms with van der Waals surface area (Å²) >= 11 is 3.45. The molecule has 1 aliphatic carbocycles. The zero-order valence-corrected chi connectivity index (χ0v) is 11.9. The van der Waals surface area contributed by atoms with Gasteiger partial charge in [-0.25, -0.2) is 0 Å². The second-order valence-electron chi connectivity index (χ2n) is 4.49. The summed E-state index contributed by atoms with van der Waals surface area (Å²) in [4.78, 5) is 11.9. The molecule has 0 fully saturated rings. The van der Waals surface area contributed by atoms with E-state index >= 15 is 0 Å². The molecule has 0 radical (unpaired) electrons. The smallest absolute Gasteiger partial charge is 0.242 e. The van der Waals surface area contributed by atoms with Gasteiger partial charge >= 0.3 is 0 Å². The van der Waals surface area contributed by atoms with Crippen LogP contribution in [0.15, 0.2) is 22.7 Å². The number of fused-ring (bicyclic) bond motifs is 1. The van der Waals surface area contributed by atoms with Crippen LogP contribution in [0.5, 0.6) is 0 Å². The standard InChI is InChI=1S/C13H17BrN2O2/c1-18-7-6-16-13(12(15)17)5-4-9-8-10(14)2-3-11(9)13/h2-3,8,16H,4-7H2,1H3,(H2,15,17). The molecule has 3 N–H and O–H groups in total. The van der Waals surface area contributed by atoms with Gasteiger partial charge in [-0.15, -0.1) is 0 Å². The van der Waals surface area contributed by atoms with Gasteiger partial charge in [0.15, 0.2) is 0 Å². The highest BCUT2D eigenvalue weighted by Gasteiger charge is 2.43. The van der Waals surface area contributed by atoms with Crippen molar-refractivity contribution in [1.29, 1.82) is 0 Å². The minimum atomic E-state index is -0.742. The van der Waals surface area contributed by atoms with Gasteiger partial charge in [-0.05, 0) is 36.1 Å². The van der Waals surface area contributed by atoms with Gasteiger partial charge in [0.1, 0.15) is 5.54 Å². The molecule has 0 aromatic heterocycles. The molecule has 5 heteroatoms. The quantitative estimate of drug-likeness (QED) is 0.806. The van der Waals surface area contributed by atoms with Gasteiger partial charge in [0.25, 0.3) is 0 Å². The van der Waals surface area contributed by atoms with E-state index in [-0.39, 0.29) is 5.91 Å². The van der Waals surface area contributed by atoms with Crippen LogP contribution in [-0.4, -0.2) is 26.2 Å². The lowest BCUT2D eigenvalue weighted by molar-refractivity contribution is -0.124. The summed E-state index contributed by atoms with van der Waals surface area (Å²) in [7, 11) is 1.64. The lowest BCUT2D eigenvalue weighted by atomic mass is 9.91. The Hall–Kier alpha value is -0.910. The van der Waals surface area contributed by atoms with Gasteiger partial charge in [-0.2, -0.15) is 0 Å². The summed E-state index contributed by atoms with van der Waals surface area (Å²) in [5.41, 5.74) is 7.04. The molecule has 1 unspecified atom stereocenters. The molecule has 98 valence electrons. The van der Waals surface area contributed by atoms with E-state index in [0.29, 0.717) is 19.6 Å². The first-order chi connectivity index (χ1) is 8.60. The van der Waals surface area contributed by atoms with Crippen LogP contribution in [0.3, 0.4) is 0 Å². The molecule has 18 heavy (non-hydrogen) atoms. The average Bonchev–Trinajstić information content (AvgIpc) is 2.69. The third kappa shape index (κ3) is 2.30. The lowest BCUT2D eigenvalue weighted by Crippen LogP contribution is -2.52. The maximum atomic E-state index is 11.9. The van der Waals surface area contributed by atoms with Crippen LogP contribution in [-0.2, 0) is 21.5 Å². The van der Waals surface area contributed by atoms with Gasteiger partial charge in [-0.1, -0.05) is 22.0 Å². The average molecular weight is 313 g/mol. The maximum Gasteiger partial charge on any atom is 0.242 e. The summed E-state index contributed by atoms with van der Waals surface area (Å²) in [5, 5.41) is 3.26. The first kappa shape index (κ1) is 13.5. The Morgan fingerprint density at radius 2 is 2.39 bits per heavy atom. The van der Waals surface area contributed by atoms with Gasteiger partial charge in [-0.3, -0.25) is 10.1 Å². The molecule has 0 bridgehead atoms. The number of halogens is 1. The minimum absolute atomic E-state index is 0.320. The van der Waals surface area contributed by atoms with E-state index in [1.54, 1.807) is 7.11 Å². The molecular formula is C13H17BrN2O2. The Kier molecular flexibility index (Phi) is 4.04. The first-order valence-electron chi connectivity index (χ1n) is 5.93. The van der Waals surface area contributed by atoms with Crippen molar-refractivity contribution in [1.82, 2.24) is 5.32 Å². The molecule has 1 amide bonds. The molecule has 0 heterocycles. The number of benzene rings is 1. The Morgan fingerprint density at radius 1 is 1.61 bits per heavy atom. The molecule has 1 aromatic rings. The first-order valence-corrected chi connectivity index (χ1v) is 6.72. The molecule has 1 atom stereocenters. The predicted octanol–water partition coefficient (Wildman–Crippen LogP) is 1.31. The van der Waals surface area contributed by atoms with E-state index in [2.05, 4.69) is 27.3 Å². The fraction of sp³-hybridized carbons (Fsp3) is 0.462.